The van der Waals surface area contributed by atoms with Gasteiger partial charge in [0.1, 0.15) is 0 Å². The van der Waals surface area contributed by atoms with Crippen LogP contribution in [0, 0.1) is 0 Å². The molecule has 0 N–H and O–H groups in total. The Balaban J connectivity index is 0. The summed E-state index contributed by atoms with van der Waals surface area (Å²) in [6.07, 6.45) is -5.27. The Morgan fingerprint density at radius 2 is 1.50 bits per heavy atom. The Morgan fingerprint density at radius 1 is 1.06 bits per heavy atom. The molecule has 0 fully saturated rings. The molecule has 0 bridgehead atoms. The van der Waals surface area contributed by atoms with E-state index in [9.17, 15) is 34.8 Å². The van der Waals surface area contributed by atoms with Crippen molar-refractivity contribution in [3.63, 3.8) is 0 Å². The molecule has 0 saturated carbocycles. The summed E-state index contributed by atoms with van der Waals surface area (Å²) in [6.45, 7) is 0. The van der Waals surface area contributed by atoms with Gasteiger partial charge < -0.3 is 4.13 Å². The summed E-state index contributed by atoms with van der Waals surface area (Å²) >= 11 is -1.01. The standard InChI is InChI=1S/C2F6NO4S2.Li/c3-1(4,5)12-13-14-9-15(10,11)2(6,7)8;/q-1;+1. The summed E-state index contributed by atoms with van der Waals surface area (Å²) in [6, 6.07) is 0. The minimum atomic E-state index is -5.90. The maximum absolute atomic E-state index is 11.5. The molecule has 0 rings (SSSR count). The van der Waals surface area contributed by atoms with Crippen molar-refractivity contribution >= 4 is 22.3 Å². The van der Waals surface area contributed by atoms with Gasteiger partial charge in [0.25, 0.3) is 0 Å². The second kappa shape index (κ2) is 6.33. The number of hydrogen-bond acceptors (Lipinski definition) is 5. The monoisotopic (exact) mass is 287 g/mol. The maximum atomic E-state index is 11.5. The van der Waals surface area contributed by atoms with Crippen molar-refractivity contribution in [2.45, 2.75) is 11.9 Å². The van der Waals surface area contributed by atoms with Crippen LogP contribution >= 0.6 is 12.2 Å². The molecule has 0 aliphatic rings. The molecule has 0 aliphatic carbocycles. The molecule has 16 heavy (non-hydrogen) atoms. The third-order valence-electron chi connectivity index (χ3n) is 0.580. The van der Waals surface area contributed by atoms with Crippen LogP contribution in [0.25, 0.3) is 4.13 Å². The van der Waals surface area contributed by atoms with Gasteiger partial charge in [0.05, 0.1) is 0 Å². The van der Waals surface area contributed by atoms with Crippen LogP contribution in [-0.4, -0.2) is 20.3 Å². The molecule has 0 aromatic rings. The van der Waals surface area contributed by atoms with Crippen LogP contribution in [0.5, 0.6) is 0 Å². The van der Waals surface area contributed by atoms with E-state index in [1.54, 1.807) is 4.13 Å². The van der Waals surface area contributed by atoms with Gasteiger partial charge in [-0.1, -0.05) is 12.2 Å². The first-order valence-electron chi connectivity index (χ1n) is 2.57. The second-order valence-electron chi connectivity index (χ2n) is 1.67. The van der Waals surface area contributed by atoms with Gasteiger partial charge >= 0.3 is 30.7 Å². The van der Waals surface area contributed by atoms with Gasteiger partial charge in [-0.05, 0) is 0 Å². The van der Waals surface area contributed by atoms with Crippen LogP contribution in [-0.2, 0) is 19.2 Å². The fourth-order valence-corrected chi connectivity index (χ4v) is 1.01. The van der Waals surface area contributed by atoms with Gasteiger partial charge in [0.2, 0.25) is 0 Å². The zero-order chi connectivity index (χ0) is 12.3. The zero-order valence-electron chi connectivity index (χ0n) is 7.16. The number of rotatable bonds is 4. The van der Waals surface area contributed by atoms with E-state index in [1.807, 2.05) is 0 Å². The summed E-state index contributed by atoms with van der Waals surface area (Å²) in [4.78, 5) is 2.47. The molecular formula is C2F6LiNO4S2. The van der Waals surface area contributed by atoms with E-state index in [-0.39, 0.29) is 18.9 Å². The van der Waals surface area contributed by atoms with Crippen molar-refractivity contribution in [3.8, 4) is 0 Å². The SMILES string of the molecule is O=S(=O)([N-]SOOC(F)(F)F)C(F)(F)F.[Li+]. The van der Waals surface area contributed by atoms with E-state index >= 15 is 0 Å². The summed E-state index contributed by atoms with van der Waals surface area (Å²) < 4.78 is 92.7. The summed E-state index contributed by atoms with van der Waals surface area (Å²) in [5.41, 5.74) is -5.71. The minimum Gasteiger partial charge on any atom is -0.458 e. The smallest absolute Gasteiger partial charge is 0.458 e. The molecule has 0 atom stereocenters. The topological polar surface area (TPSA) is 66.7 Å². The summed E-state index contributed by atoms with van der Waals surface area (Å²) in [5, 5.41) is 0. The Morgan fingerprint density at radius 3 is 1.81 bits per heavy atom. The molecule has 5 nitrogen and oxygen atoms in total. The van der Waals surface area contributed by atoms with Crippen LogP contribution in [0.3, 0.4) is 0 Å². The molecule has 0 saturated heterocycles. The average molecular weight is 287 g/mol. The van der Waals surface area contributed by atoms with E-state index in [1.165, 1.54) is 0 Å². The first-order chi connectivity index (χ1) is 6.46. The third-order valence-corrected chi connectivity index (χ3v) is 2.32. The van der Waals surface area contributed by atoms with Crippen LogP contribution in [0.15, 0.2) is 0 Å². The van der Waals surface area contributed by atoms with Gasteiger partial charge in [0, 0.05) is 0 Å². The van der Waals surface area contributed by atoms with E-state index in [0.717, 1.165) is 0 Å². The van der Waals surface area contributed by atoms with Crippen molar-refractivity contribution in [2.75, 3.05) is 0 Å². The molecule has 14 heteroatoms. The number of hydrogen-bond donors (Lipinski definition) is 0. The maximum Gasteiger partial charge on any atom is 1.00 e. The predicted molar refractivity (Wildman–Crippen MR) is 34.1 cm³/mol. The van der Waals surface area contributed by atoms with E-state index in [0.29, 0.717) is 0 Å². The summed E-state index contributed by atoms with van der Waals surface area (Å²) in [5.74, 6) is 0. The van der Waals surface area contributed by atoms with Gasteiger partial charge in [-0.2, -0.15) is 17.5 Å². The molecule has 0 amide bonds. The molecular weight excluding hydrogens is 287 g/mol. The minimum absolute atomic E-state index is 0. The van der Waals surface area contributed by atoms with Gasteiger partial charge in [-0.3, -0.25) is 0 Å². The van der Waals surface area contributed by atoms with Gasteiger partial charge in [-0.25, -0.2) is 8.42 Å². The molecule has 92 valence electrons. The molecule has 0 aromatic carbocycles. The zero-order valence-corrected chi connectivity index (χ0v) is 8.80. The normalized spacial score (nSPS) is 13.4. The number of halogens is 6. The molecule has 0 spiro atoms. The van der Waals surface area contributed by atoms with E-state index in [2.05, 4.69) is 9.22 Å². The molecule has 0 radical (unpaired) electrons. The Bertz CT molecular complexity index is 299. The average Bonchev–Trinajstić information content (AvgIpc) is 1.94. The number of sulfonamides is 1. The fourth-order valence-electron chi connectivity index (χ4n) is 0.149. The van der Waals surface area contributed by atoms with Crippen LogP contribution in [0.4, 0.5) is 26.3 Å². The Labute approximate surface area is 101 Å². The first kappa shape index (κ1) is 18.7. The first-order valence-corrected chi connectivity index (χ1v) is 4.71. The quantitative estimate of drug-likeness (QED) is 0.129. The predicted octanol–water partition coefficient (Wildman–Crippen LogP) is -0.755. The Kier molecular flexibility index (Phi) is 7.41. The summed E-state index contributed by atoms with van der Waals surface area (Å²) in [7, 11) is -5.90. The second-order valence-corrected chi connectivity index (χ2v) is 3.96. The third kappa shape index (κ3) is 7.60. The molecule has 0 unspecified atom stereocenters. The van der Waals surface area contributed by atoms with Crippen molar-refractivity contribution < 1.29 is 62.8 Å². The van der Waals surface area contributed by atoms with Crippen LogP contribution in [0.2, 0.25) is 0 Å². The molecule has 0 aliphatic heterocycles. The molecule has 0 aromatic heterocycles. The van der Waals surface area contributed by atoms with Crippen molar-refractivity contribution in [2.24, 2.45) is 0 Å². The van der Waals surface area contributed by atoms with Crippen LogP contribution < -0.4 is 18.9 Å². The number of nitrogens with zero attached hydrogens (tertiary/aromatic N) is 1. The molecule has 0 heterocycles. The van der Waals surface area contributed by atoms with Crippen LogP contribution in [0.1, 0.15) is 0 Å². The Hall–Kier alpha value is 0.357. The fraction of sp³-hybridized carbons (Fsp3) is 1.00. The van der Waals surface area contributed by atoms with Crippen molar-refractivity contribution in [3.05, 3.63) is 4.13 Å². The largest absolute Gasteiger partial charge is 1.00 e. The van der Waals surface area contributed by atoms with Crippen molar-refractivity contribution in [1.29, 1.82) is 0 Å². The number of alkyl halides is 6. The van der Waals surface area contributed by atoms with Gasteiger partial charge in [-0.15, -0.1) is 18.1 Å². The van der Waals surface area contributed by atoms with E-state index in [4.69, 9.17) is 0 Å². The van der Waals surface area contributed by atoms with E-state index < -0.39 is 34.1 Å². The van der Waals surface area contributed by atoms with Crippen molar-refractivity contribution in [1.82, 2.24) is 0 Å². The van der Waals surface area contributed by atoms with Gasteiger partial charge in [0.15, 0.2) is 10.0 Å².